The number of aliphatic hydroxyl groups excluding tert-OH is 1. The number of aliphatic hydroxyl groups is 1. The Morgan fingerprint density at radius 3 is 1.90 bits per heavy atom. The molecule has 0 saturated carbocycles. The summed E-state index contributed by atoms with van der Waals surface area (Å²) in [6.45, 7) is 2.22. The number of rotatable bonds is 2. The van der Waals surface area contributed by atoms with Crippen LogP contribution in [-0.4, -0.2) is 29.1 Å². The lowest BCUT2D eigenvalue weighted by atomic mass is 10.2. The Bertz CT molecular complexity index is 205. The lowest BCUT2D eigenvalue weighted by Crippen LogP contribution is -2.53. The van der Waals surface area contributed by atoms with Gasteiger partial charge in [0.25, 0.3) is 10.1 Å². The lowest BCUT2D eigenvalue weighted by Gasteiger charge is -2.23. The fraction of sp³-hybridized carbons (Fsp3) is 1.00. The average Bonchev–Trinajstić information content (AvgIpc) is 1.62. The van der Waals surface area contributed by atoms with Gasteiger partial charge in [-0.1, -0.05) is 0 Å². The maximum atomic E-state index is 10.4. The second kappa shape index (κ2) is 2.46. The number of nitrogens with two attached hydrogens (primary N) is 1. The van der Waals surface area contributed by atoms with E-state index in [2.05, 4.69) is 0 Å². The monoisotopic (exact) mass is 169 g/mol. The highest BCUT2D eigenvalue weighted by Crippen LogP contribution is 2.12. The van der Waals surface area contributed by atoms with Gasteiger partial charge < -0.3 is 10.8 Å². The molecule has 6 heteroatoms. The standard InChI is InChI=1S/C4H11NO4S/c1-3(6)4(2,5)10(7,8)9/h3,6H,5H2,1-2H3,(H,7,8,9). The van der Waals surface area contributed by atoms with Crippen LogP contribution < -0.4 is 5.73 Å². The van der Waals surface area contributed by atoms with Gasteiger partial charge in [0.2, 0.25) is 0 Å². The molecule has 0 aromatic carbocycles. The van der Waals surface area contributed by atoms with Crippen molar-refractivity contribution >= 4 is 10.1 Å². The van der Waals surface area contributed by atoms with Crippen molar-refractivity contribution in [2.24, 2.45) is 5.73 Å². The first kappa shape index (κ1) is 9.83. The van der Waals surface area contributed by atoms with Gasteiger partial charge in [-0.15, -0.1) is 0 Å². The molecule has 0 aliphatic heterocycles. The van der Waals surface area contributed by atoms with Crippen molar-refractivity contribution in [2.45, 2.75) is 24.8 Å². The summed E-state index contributed by atoms with van der Waals surface area (Å²) in [5, 5.41) is 8.75. The van der Waals surface area contributed by atoms with Gasteiger partial charge in [-0.05, 0) is 13.8 Å². The molecule has 4 N–H and O–H groups in total. The van der Waals surface area contributed by atoms with Gasteiger partial charge in [0.15, 0.2) is 4.87 Å². The second-order valence-electron chi connectivity index (χ2n) is 2.33. The Kier molecular flexibility index (Phi) is 2.42. The molecule has 2 atom stereocenters. The summed E-state index contributed by atoms with van der Waals surface area (Å²) in [5.74, 6) is 0. The third-order valence-corrected chi connectivity index (χ3v) is 2.84. The van der Waals surface area contributed by atoms with E-state index in [1.54, 1.807) is 0 Å². The minimum absolute atomic E-state index is 1.03. The molecule has 0 aliphatic carbocycles. The molecule has 0 radical (unpaired) electrons. The summed E-state index contributed by atoms with van der Waals surface area (Å²) in [6, 6.07) is 0. The van der Waals surface area contributed by atoms with Crippen LogP contribution in [0.4, 0.5) is 0 Å². The van der Waals surface area contributed by atoms with Crippen LogP contribution in [0, 0.1) is 0 Å². The molecular weight excluding hydrogens is 158 g/mol. The topological polar surface area (TPSA) is 101 Å². The molecular formula is C4H11NO4S. The highest BCUT2D eigenvalue weighted by molar-refractivity contribution is 7.87. The number of hydrogen-bond donors (Lipinski definition) is 3. The summed E-state index contributed by atoms with van der Waals surface area (Å²) in [4.78, 5) is -1.98. The van der Waals surface area contributed by atoms with Gasteiger partial charge >= 0.3 is 0 Å². The van der Waals surface area contributed by atoms with E-state index in [-0.39, 0.29) is 0 Å². The van der Waals surface area contributed by atoms with E-state index in [1.165, 1.54) is 6.92 Å². The Morgan fingerprint density at radius 1 is 1.60 bits per heavy atom. The first-order valence-corrected chi connectivity index (χ1v) is 4.07. The van der Waals surface area contributed by atoms with Gasteiger partial charge in [0.1, 0.15) is 0 Å². The molecule has 0 spiro atoms. The maximum absolute atomic E-state index is 10.4. The summed E-state index contributed by atoms with van der Waals surface area (Å²) in [6.07, 6.45) is -1.30. The van der Waals surface area contributed by atoms with Crippen LogP contribution in [0.2, 0.25) is 0 Å². The molecule has 0 amide bonds. The molecule has 0 heterocycles. The van der Waals surface area contributed by atoms with Crippen LogP contribution >= 0.6 is 0 Å². The first-order chi connectivity index (χ1) is 4.19. The van der Waals surface area contributed by atoms with E-state index in [0.717, 1.165) is 6.92 Å². The van der Waals surface area contributed by atoms with Crippen LogP contribution in [0.1, 0.15) is 13.8 Å². The SMILES string of the molecule is CC(O)C(C)(N)S(=O)(=O)O. The van der Waals surface area contributed by atoms with Crippen LogP contribution in [0.25, 0.3) is 0 Å². The molecule has 0 bridgehead atoms. The van der Waals surface area contributed by atoms with E-state index >= 15 is 0 Å². The summed E-state index contributed by atoms with van der Waals surface area (Å²) < 4.78 is 29.1. The molecule has 0 aromatic rings. The molecule has 10 heavy (non-hydrogen) atoms. The van der Waals surface area contributed by atoms with E-state index in [0.29, 0.717) is 0 Å². The molecule has 0 aliphatic rings. The van der Waals surface area contributed by atoms with Gasteiger partial charge in [0.05, 0.1) is 6.10 Å². The Morgan fingerprint density at radius 2 is 1.90 bits per heavy atom. The fourth-order valence-corrected chi connectivity index (χ4v) is 0.647. The largest absolute Gasteiger partial charge is 0.390 e. The molecule has 0 rings (SSSR count). The van der Waals surface area contributed by atoms with Gasteiger partial charge in [0, 0.05) is 0 Å². The highest BCUT2D eigenvalue weighted by Gasteiger charge is 2.38. The molecule has 5 nitrogen and oxygen atoms in total. The third-order valence-electron chi connectivity index (χ3n) is 1.39. The molecule has 0 saturated heterocycles. The summed E-state index contributed by atoms with van der Waals surface area (Å²) in [5.41, 5.74) is 5.05. The van der Waals surface area contributed by atoms with Crippen molar-refractivity contribution < 1.29 is 18.1 Å². The normalized spacial score (nSPS) is 21.7. The van der Waals surface area contributed by atoms with Crippen LogP contribution in [0.15, 0.2) is 0 Å². The fourth-order valence-electron chi connectivity index (χ4n) is 0.216. The minimum atomic E-state index is -4.37. The van der Waals surface area contributed by atoms with Crippen molar-refractivity contribution in [3.63, 3.8) is 0 Å². The molecule has 62 valence electrons. The molecule has 0 fully saturated rings. The zero-order chi connectivity index (χ0) is 8.58. The third kappa shape index (κ3) is 1.66. The van der Waals surface area contributed by atoms with Crippen molar-refractivity contribution in [1.29, 1.82) is 0 Å². The molecule has 2 unspecified atom stereocenters. The smallest absolute Gasteiger partial charge is 0.286 e. The number of hydrogen-bond acceptors (Lipinski definition) is 4. The van der Waals surface area contributed by atoms with E-state index in [1.807, 2.05) is 0 Å². The van der Waals surface area contributed by atoms with Crippen molar-refractivity contribution in [1.82, 2.24) is 0 Å². The quantitative estimate of drug-likeness (QED) is 0.457. The van der Waals surface area contributed by atoms with E-state index in [4.69, 9.17) is 15.4 Å². The second-order valence-corrected chi connectivity index (χ2v) is 4.16. The first-order valence-electron chi connectivity index (χ1n) is 2.63. The summed E-state index contributed by atoms with van der Waals surface area (Å²) in [7, 11) is -4.37. The van der Waals surface area contributed by atoms with Gasteiger partial charge in [-0.25, -0.2) is 0 Å². The Balaban J connectivity index is 4.76. The van der Waals surface area contributed by atoms with Crippen molar-refractivity contribution in [3.05, 3.63) is 0 Å². The zero-order valence-corrected chi connectivity index (χ0v) is 6.59. The summed E-state index contributed by atoms with van der Waals surface area (Å²) >= 11 is 0. The Labute approximate surface area is 59.6 Å². The maximum Gasteiger partial charge on any atom is 0.286 e. The van der Waals surface area contributed by atoms with Crippen LogP contribution in [0.5, 0.6) is 0 Å². The zero-order valence-electron chi connectivity index (χ0n) is 5.77. The van der Waals surface area contributed by atoms with E-state index < -0.39 is 21.1 Å². The van der Waals surface area contributed by atoms with Gasteiger partial charge in [-0.3, -0.25) is 4.55 Å². The lowest BCUT2D eigenvalue weighted by molar-refractivity contribution is 0.146. The van der Waals surface area contributed by atoms with Crippen molar-refractivity contribution in [2.75, 3.05) is 0 Å². The van der Waals surface area contributed by atoms with Gasteiger partial charge in [-0.2, -0.15) is 8.42 Å². The van der Waals surface area contributed by atoms with E-state index in [9.17, 15) is 8.42 Å². The Hall–Kier alpha value is -0.170. The average molecular weight is 169 g/mol. The van der Waals surface area contributed by atoms with Crippen LogP contribution in [-0.2, 0) is 10.1 Å². The van der Waals surface area contributed by atoms with Crippen molar-refractivity contribution in [3.8, 4) is 0 Å². The highest BCUT2D eigenvalue weighted by atomic mass is 32.2. The van der Waals surface area contributed by atoms with Crippen LogP contribution in [0.3, 0.4) is 0 Å². The predicted octanol–water partition coefficient (Wildman–Crippen LogP) is -1.07. The predicted molar refractivity (Wildman–Crippen MR) is 35.8 cm³/mol. The minimum Gasteiger partial charge on any atom is -0.390 e. The molecule has 0 aromatic heterocycles.